The van der Waals surface area contributed by atoms with E-state index in [1.54, 1.807) is 7.05 Å². The molecule has 0 radical (unpaired) electrons. The molecule has 0 saturated carbocycles. The Morgan fingerprint density at radius 1 is 0.939 bits per heavy atom. The van der Waals surface area contributed by atoms with E-state index >= 15 is 0 Å². The highest BCUT2D eigenvalue weighted by Gasteiger charge is 2.35. The number of hydroxylamine groups is 2. The molecular formula is C36H64N7O6-. The minimum absolute atomic E-state index is 0.0421. The molecule has 0 aliphatic carbocycles. The SMILES string of the molecule is CCC[C@@H](C(=O)N[C@H](CN[C@@H](CC)C(=O)N[C@H](C(=O)NCC)C(C)C)CC(C)C)N(C)C(=O)[C@H](CC(C)(C)C)NC(=O)C1=CCN([O-])C=C1. The molecule has 0 unspecified atom stereocenters. The van der Waals surface area contributed by atoms with Crippen LogP contribution in [0.25, 0.3) is 0 Å². The summed E-state index contributed by atoms with van der Waals surface area (Å²) in [6.45, 7) is 20.3. The largest absolute Gasteiger partial charge is 0.758 e. The Labute approximate surface area is 294 Å². The van der Waals surface area contributed by atoms with Gasteiger partial charge < -0.3 is 41.8 Å². The molecule has 0 spiro atoms. The van der Waals surface area contributed by atoms with Gasteiger partial charge in [0.25, 0.3) is 5.91 Å². The molecule has 5 atom stereocenters. The molecule has 0 aromatic rings. The molecule has 280 valence electrons. The molecule has 13 nitrogen and oxygen atoms in total. The lowest BCUT2D eigenvalue weighted by Crippen LogP contribution is -2.58. The average Bonchev–Trinajstić information content (AvgIpc) is 3.00. The zero-order valence-corrected chi connectivity index (χ0v) is 31.8. The van der Waals surface area contributed by atoms with E-state index in [1.807, 2.05) is 69.2 Å². The van der Waals surface area contributed by atoms with Crippen LogP contribution in [0.2, 0.25) is 0 Å². The third-order valence-electron chi connectivity index (χ3n) is 8.31. The molecule has 5 N–H and O–H groups in total. The quantitative estimate of drug-likeness (QED) is 0.130. The Morgan fingerprint density at radius 3 is 2.08 bits per heavy atom. The number of amides is 5. The Balaban J connectivity index is 3.13. The van der Waals surface area contributed by atoms with E-state index in [0.29, 0.717) is 55.8 Å². The third-order valence-corrected chi connectivity index (χ3v) is 8.31. The lowest BCUT2D eigenvalue weighted by atomic mass is 9.87. The van der Waals surface area contributed by atoms with Crippen molar-refractivity contribution < 1.29 is 24.0 Å². The summed E-state index contributed by atoms with van der Waals surface area (Å²) >= 11 is 0. The second-order valence-corrected chi connectivity index (χ2v) is 14.9. The van der Waals surface area contributed by atoms with Gasteiger partial charge in [0.1, 0.15) is 18.1 Å². The first-order valence-corrected chi connectivity index (χ1v) is 17.9. The van der Waals surface area contributed by atoms with E-state index in [2.05, 4.69) is 26.6 Å². The number of likely N-dealkylation sites (N-methyl/N-ethyl adjacent to an activating group) is 2. The molecule has 0 bridgehead atoms. The van der Waals surface area contributed by atoms with Gasteiger partial charge in [-0.05, 0) is 62.1 Å². The van der Waals surface area contributed by atoms with Crippen molar-refractivity contribution in [1.29, 1.82) is 0 Å². The minimum Gasteiger partial charge on any atom is -0.758 e. The molecule has 1 aliphatic heterocycles. The Morgan fingerprint density at radius 2 is 1.59 bits per heavy atom. The molecule has 1 heterocycles. The van der Waals surface area contributed by atoms with Gasteiger partial charge in [-0.2, -0.15) is 0 Å². The van der Waals surface area contributed by atoms with Crippen LogP contribution in [0.4, 0.5) is 0 Å². The monoisotopic (exact) mass is 690 g/mol. The number of nitrogens with one attached hydrogen (secondary N) is 5. The van der Waals surface area contributed by atoms with Crippen molar-refractivity contribution in [3.05, 3.63) is 29.1 Å². The summed E-state index contributed by atoms with van der Waals surface area (Å²) in [5.41, 5.74) is -0.0126. The number of hydrogen-bond acceptors (Lipinski definition) is 8. The van der Waals surface area contributed by atoms with Crippen molar-refractivity contribution in [3.63, 3.8) is 0 Å². The molecule has 49 heavy (non-hydrogen) atoms. The Hall–Kier alpha value is -3.45. The summed E-state index contributed by atoms with van der Waals surface area (Å²) in [5, 5.41) is 27.2. The van der Waals surface area contributed by atoms with E-state index in [-0.39, 0.29) is 53.5 Å². The van der Waals surface area contributed by atoms with Crippen molar-refractivity contribution in [3.8, 4) is 0 Å². The van der Waals surface area contributed by atoms with Crippen LogP contribution in [-0.2, 0) is 24.0 Å². The van der Waals surface area contributed by atoms with E-state index in [1.165, 1.54) is 23.3 Å². The fourth-order valence-corrected chi connectivity index (χ4v) is 5.72. The van der Waals surface area contributed by atoms with Crippen LogP contribution >= 0.6 is 0 Å². The van der Waals surface area contributed by atoms with Gasteiger partial charge in [0.15, 0.2) is 0 Å². The van der Waals surface area contributed by atoms with Crippen LogP contribution in [-0.4, -0.2) is 96.4 Å². The Bertz CT molecular complexity index is 1160. The van der Waals surface area contributed by atoms with Crippen molar-refractivity contribution >= 4 is 29.5 Å². The normalized spacial score (nSPS) is 16.3. The number of hydrogen-bond donors (Lipinski definition) is 5. The van der Waals surface area contributed by atoms with Crippen LogP contribution in [0.3, 0.4) is 0 Å². The van der Waals surface area contributed by atoms with Crippen LogP contribution in [0, 0.1) is 22.5 Å². The maximum absolute atomic E-state index is 14.0. The fraction of sp³-hybridized carbons (Fsp3) is 0.750. The number of carbonyl (C=O) groups is 5. The molecule has 1 rings (SSSR count). The highest BCUT2D eigenvalue weighted by Crippen LogP contribution is 2.23. The van der Waals surface area contributed by atoms with Crippen molar-refractivity contribution in [1.82, 2.24) is 36.5 Å². The molecule has 5 amide bonds. The summed E-state index contributed by atoms with van der Waals surface area (Å²) in [5.74, 6) is -1.53. The predicted molar refractivity (Wildman–Crippen MR) is 194 cm³/mol. The highest BCUT2D eigenvalue weighted by molar-refractivity contribution is 6.00. The number of nitrogens with zero attached hydrogens (tertiary/aromatic N) is 2. The van der Waals surface area contributed by atoms with Gasteiger partial charge in [0, 0.05) is 38.3 Å². The molecule has 0 saturated heterocycles. The van der Waals surface area contributed by atoms with Gasteiger partial charge in [0.05, 0.1) is 6.04 Å². The third kappa shape index (κ3) is 15.3. The van der Waals surface area contributed by atoms with Crippen molar-refractivity contribution in [2.24, 2.45) is 17.3 Å². The highest BCUT2D eigenvalue weighted by atomic mass is 16.5. The van der Waals surface area contributed by atoms with Gasteiger partial charge >= 0.3 is 0 Å². The molecular weight excluding hydrogens is 626 g/mol. The van der Waals surface area contributed by atoms with E-state index in [0.717, 1.165) is 0 Å². The summed E-state index contributed by atoms with van der Waals surface area (Å²) < 4.78 is 0. The topological polar surface area (TPSA) is 175 Å². The number of carbonyl (C=O) groups excluding carboxylic acids is 5. The first-order valence-electron chi connectivity index (χ1n) is 17.9. The zero-order chi connectivity index (χ0) is 37.5. The summed E-state index contributed by atoms with van der Waals surface area (Å²) in [7, 11) is 1.59. The summed E-state index contributed by atoms with van der Waals surface area (Å²) in [6.07, 6.45) is 6.71. The van der Waals surface area contributed by atoms with Crippen LogP contribution < -0.4 is 26.6 Å². The molecule has 1 aliphatic rings. The first-order chi connectivity index (χ1) is 22.8. The van der Waals surface area contributed by atoms with E-state index in [4.69, 9.17) is 0 Å². The molecule has 13 heteroatoms. The van der Waals surface area contributed by atoms with Gasteiger partial charge in [-0.25, -0.2) is 0 Å². The molecule has 0 aromatic carbocycles. The van der Waals surface area contributed by atoms with Crippen LogP contribution in [0.1, 0.15) is 101 Å². The minimum atomic E-state index is -0.893. The van der Waals surface area contributed by atoms with Gasteiger partial charge in [-0.1, -0.05) is 74.8 Å². The zero-order valence-electron chi connectivity index (χ0n) is 31.8. The Kier molecular flexibility index (Phi) is 18.6. The van der Waals surface area contributed by atoms with Gasteiger partial charge in [0.2, 0.25) is 23.6 Å². The summed E-state index contributed by atoms with van der Waals surface area (Å²) in [4.78, 5) is 68.2. The standard InChI is InChI=1S/C36H64N7O6/c1-12-15-29(42(11)35(48)28(21-36(8,9)10)40-31(44)25-16-18-43(49)19-17-25)33(46)39-26(20-23(4)5)22-38-27(13-2)32(45)41-30(24(6)7)34(47)37-14-3/h16-18,23-24,26-30,38H,12-15,19-22H2,1-11H3,(H,37,47)(H,39,46)(H,40,44)(H,41,45)/q-1/t26-,27-,28-,29-,30-/m0/s1. The smallest absolute Gasteiger partial charge is 0.251 e. The molecule has 0 aromatic heterocycles. The van der Waals surface area contributed by atoms with Crippen LogP contribution in [0.15, 0.2) is 23.9 Å². The first kappa shape index (κ1) is 43.6. The van der Waals surface area contributed by atoms with Gasteiger partial charge in [-0.3, -0.25) is 24.0 Å². The average molecular weight is 691 g/mol. The molecule has 0 fully saturated rings. The maximum atomic E-state index is 14.0. The van der Waals surface area contributed by atoms with Crippen LogP contribution in [0.5, 0.6) is 0 Å². The van der Waals surface area contributed by atoms with E-state index in [9.17, 15) is 29.2 Å². The maximum Gasteiger partial charge on any atom is 0.251 e. The summed E-state index contributed by atoms with van der Waals surface area (Å²) in [6, 6.07) is -3.26. The fourth-order valence-electron chi connectivity index (χ4n) is 5.72. The van der Waals surface area contributed by atoms with Gasteiger partial charge in [-0.15, -0.1) is 0 Å². The van der Waals surface area contributed by atoms with Crippen molar-refractivity contribution in [2.75, 3.05) is 26.7 Å². The number of rotatable bonds is 20. The second kappa shape index (κ2) is 20.9. The van der Waals surface area contributed by atoms with Crippen molar-refractivity contribution in [2.45, 2.75) is 132 Å². The lowest BCUT2D eigenvalue weighted by Gasteiger charge is -2.34. The predicted octanol–water partition coefficient (Wildman–Crippen LogP) is 2.96. The van der Waals surface area contributed by atoms with E-state index < -0.39 is 30.1 Å². The lowest BCUT2D eigenvalue weighted by molar-refractivity contribution is -0.142. The second-order valence-electron chi connectivity index (χ2n) is 14.9.